The van der Waals surface area contributed by atoms with Crippen LogP contribution in [0.15, 0.2) is 81.8 Å². The molecular formula is C27H28BrN3O3. The van der Waals surface area contributed by atoms with Gasteiger partial charge in [-0.1, -0.05) is 56.3 Å². The molecule has 176 valence electrons. The van der Waals surface area contributed by atoms with Crippen LogP contribution >= 0.6 is 15.9 Å². The summed E-state index contributed by atoms with van der Waals surface area (Å²) < 4.78 is 14.2. The molecule has 4 aromatic rings. The maximum Gasteiger partial charge on any atom is 0.287 e. The molecule has 0 saturated heterocycles. The van der Waals surface area contributed by atoms with Crippen LogP contribution in [0.4, 0.5) is 0 Å². The summed E-state index contributed by atoms with van der Waals surface area (Å²) in [5.41, 5.74) is 3.13. The zero-order valence-corrected chi connectivity index (χ0v) is 21.1. The van der Waals surface area contributed by atoms with Gasteiger partial charge in [0.1, 0.15) is 18.1 Å². The third kappa shape index (κ3) is 5.42. The van der Waals surface area contributed by atoms with E-state index in [-0.39, 0.29) is 23.7 Å². The average molecular weight is 522 g/mol. The normalized spacial score (nSPS) is 11.4. The zero-order chi connectivity index (χ0) is 24.1. The molecule has 0 aliphatic heterocycles. The number of carbonyl (C=O) groups excluding carboxylic acids is 1. The molecule has 1 N–H and O–H groups in total. The van der Waals surface area contributed by atoms with Gasteiger partial charge in [-0.3, -0.25) is 9.48 Å². The van der Waals surface area contributed by atoms with Crippen molar-refractivity contribution in [3.05, 3.63) is 106 Å². The van der Waals surface area contributed by atoms with Crippen LogP contribution in [-0.2, 0) is 25.1 Å². The van der Waals surface area contributed by atoms with E-state index in [1.54, 1.807) is 12.1 Å². The van der Waals surface area contributed by atoms with Gasteiger partial charge < -0.3 is 14.5 Å². The number of aromatic nitrogens is 2. The minimum Gasteiger partial charge on any atom is -0.486 e. The second-order valence-corrected chi connectivity index (χ2v) is 9.39. The van der Waals surface area contributed by atoms with E-state index >= 15 is 0 Å². The van der Waals surface area contributed by atoms with E-state index < -0.39 is 0 Å². The van der Waals surface area contributed by atoms with Crippen LogP contribution in [0.3, 0.4) is 0 Å². The fraction of sp³-hybridized carbons (Fsp3) is 0.259. The Kier molecular flexibility index (Phi) is 7.22. The minimum absolute atomic E-state index is 0.104. The molecule has 0 unspecified atom stereocenters. The number of halogens is 1. The number of hydrogen-bond donors (Lipinski definition) is 1. The van der Waals surface area contributed by atoms with Crippen molar-refractivity contribution in [1.82, 2.24) is 15.1 Å². The Morgan fingerprint density at radius 2 is 1.76 bits per heavy atom. The molecule has 6 nitrogen and oxygen atoms in total. The average Bonchev–Trinajstić information content (AvgIpc) is 3.48. The molecule has 7 heteroatoms. The molecule has 1 amide bonds. The standard InChI is InChI=1S/C27H28BrN3O3/c1-4-31-17-23(28)24(30-31)16-29-26(32)25-15-14-22(34-25)18-33-21-12-10-20(11-13-21)27(2,3)19-8-6-5-7-9-19/h5-15,17H,4,16,18H2,1-3H3,(H,29,32). The summed E-state index contributed by atoms with van der Waals surface area (Å²) in [7, 11) is 0. The molecule has 2 heterocycles. The van der Waals surface area contributed by atoms with E-state index in [4.69, 9.17) is 9.15 Å². The second-order valence-electron chi connectivity index (χ2n) is 8.53. The van der Waals surface area contributed by atoms with Gasteiger partial charge in [0.25, 0.3) is 5.91 Å². The molecule has 0 aliphatic rings. The first kappa shape index (κ1) is 23.8. The highest BCUT2D eigenvalue weighted by atomic mass is 79.9. The van der Waals surface area contributed by atoms with Gasteiger partial charge in [-0.05, 0) is 58.2 Å². The van der Waals surface area contributed by atoms with Crippen LogP contribution in [0.2, 0.25) is 0 Å². The first-order chi connectivity index (χ1) is 16.4. The third-order valence-electron chi connectivity index (χ3n) is 5.87. The van der Waals surface area contributed by atoms with Crippen LogP contribution < -0.4 is 10.1 Å². The van der Waals surface area contributed by atoms with Crippen LogP contribution in [0.1, 0.15) is 53.9 Å². The highest BCUT2D eigenvalue weighted by Crippen LogP contribution is 2.32. The Hall–Kier alpha value is -3.32. The Labute approximate surface area is 208 Å². The van der Waals surface area contributed by atoms with E-state index in [0.29, 0.717) is 12.3 Å². The number of carbonyl (C=O) groups is 1. The maximum atomic E-state index is 12.4. The topological polar surface area (TPSA) is 69.3 Å². The molecule has 0 radical (unpaired) electrons. The van der Waals surface area contributed by atoms with Gasteiger partial charge in [0.05, 0.1) is 16.7 Å². The van der Waals surface area contributed by atoms with Gasteiger partial charge in [-0.25, -0.2) is 0 Å². The Bertz CT molecular complexity index is 1240. The summed E-state index contributed by atoms with van der Waals surface area (Å²) in [4.78, 5) is 12.4. The number of rotatable bonds is 9. The van der Waals surface area contributed by atoms with Crippen molar-refractivity contribution >= 4 is 21.8 Å². The molecule has 0 bridgehead atoms. The number of nitrogens with one attached hydrogen (secondary N) is 1. The van der Waals surface area contributed by atoms with E-state index in [1.807, 2.05) is 36.0 Å². The number of furan rings is 1. The second kappa shape index (κ2) is 10.3. The van der Waals surface area contributed by atoms with Crippen molar-refractivity contribution in [2.45, 2.75) is 45.9 Å². The summed E-state index contributed by atoms with van der Waals surface area (Å²) in [6.07, 6.45) is 1.89. The first-order valence-corrected chi connectivity index (χ1v) is 12.0. The molecule has 34 heavy (non-hydrogen) atoms. The Morgan fingerprint density at radius 1 is 1.06 bits per heavy atom. The molecule has 0 saturated carbocycles. The lowest BCUT2D eigenvalue weighted by Crippen LogP contribution is -2.22. The van der Waals surface area contributed by atoms with Crippen molar-refractivity contribution in [3.8, 4) is 5.75 Å². The quantitative estimate of drug-likeness (QED) is 0.289. The van der Waals surface area contributed by atoms with Gasteiger partial charge in [0.15, 0.2) is 5.76 Å². The summed E-state index contributed by atoms with van der Waals surface area (Å²) in [6, 6.07) is 21.9. The highest BCUT2D eigenvalue weighted by molar-refractivity contribution is 9.10. The highest BCUT2D eigenvalue weighted by Gasteiger charge is 2.22. The molecule has 4 rings (SSSR count). The first-order valence-electron chi connectivity index (χ1n) is 11.2. The molecule has 2 aromatic carbocycles. The largest absolute Gasteiger partial charge is 0.486 e. The zero-order valence-electron chi connectivity index (χ0n) is 19.5. The van der Waals surface area contributed by atoms with Gasteiger partial charge >= 0.3 is 0 Å². The van der Waals surface area contributed by atoms with Crippen LogP contribution in [-0.4, -0.2) is 15.7 Å². The monoisotopic (exact) mass is 521 g/mol. The molecular weight excluding hydrogens is 494 g/mol. The number of nitrogens with zero attached hydrogens (tertiary/aromatic N) is 2. The van der Waals surface area contributed by atoms with E-state index in [2.05, 4.69) is 76.6 Å². The SMILES string of the molecule is CCn1cc(Br)c(CNC(=O)c2ccc(COc3ccc(C(C)(C)c4ccccc4)cc3)o2)n1. The van der Waals surface area contributed by atoms with E-state index in [1.165, 1.54) is 11.1 Å². The van der Waals surface area contributed by atoms with Gasteiger partial charge in [-0.2, -0.15) is 5.10 Å². The maximum absolute atomic E-state index is 12.4. The molecule has 0 atom stereocenters. The lowest BCUT2D eigenvalue weighted by atomic mass is 9.78. The van der Waals surface area contributed by atoms with Crippen molar-refractivity contribution < 1.29 is 13.9 Å². The number of benzene rings is 2. The number of ether oxygens (including phenoxy) is 1. The number of amides is 1. The van der Waals surface area contributed by atoms with Crippen molar-refractivity contribution in [3.63, 3.8) is 0 Å². The molecule has 2 aromatic heterocycles. The van der Waals surface area contributed by atoms with Crippen molar-refractivity contribution in [1.29, 1.82) is 0 Å². The van der Waals surface area contributed by atoms with E-state index in [0.717, 1.165) is 22.5 Å². The van der Waals surface area contributed by atoms with Gasteiger partial charge in [0.2, 0.25) is 0 Å². The van der Waals surface area contributed by atoms with Crippen molar-refractivity contribution in [2.75, 3.05) is 0 Å². The van der Waals surface area contributed by atoms with E-state index in [9.17, 15) is 4.79 Å². The molecule has 0 spiro atoms. The lowest BCUT2D eigenvalue weighted by molar-refractivity contribution is 0.0918. The van der Waals surface area contributed by atoms with Crippen LogP contribution in [0.5, 0.6) is 5.75 Å². The summed E-state index contributed by atoms with van der Waals surface area (Å²) >= 11 is 3.46. The predicted molar refractivity (Wildman–Crippen MR) is 135 cm³/mol. The van der Waals surface area contributed by atoms with Crippen molar-refractivity contribution in [2.24, 2.45) is 0 Å². The van der Waals surface area contributed by atoms with Gasteiger partial charge in [-0.15, -0.1) is 0 Å². The third-order valence-corrected chi connectivity index (χ3v) is 6.53. The number of hydrogen-bond acceptors (Lipinski definition) is 4. The Morgan fingerprint density at radius 3 is 2.44 bits per heavy atom. The molecule has 0 aliphatic carbocycles. The summed E-state index contributed by atoms with van der Waals surface area (Å²) in [5, 5.41) is 7.24. The van der Waals surface area contributed by atoms with Crippen LogP contribution in [0.25, 0.3) is 0 Å². The predicted octanol–water partition coefficient (Wildman–Crippen LogP) is 6.09. The fourth-order valence-electron chi connectivity index (χ4n) is 3.69. The van der Waals surface area contributed by atoms with Gasteiger partial charge in [0, 0.05) is 18.2 Å². The minimum atomic E-state index is -0.295. The summed E-state index contributed by atoms with van der Waals surface area (Å²) in [5.74, 6) is 1.27. The van der Waals surface area contributed by atoms with Crippen LogP contribution in [0, 0.1) is 0 Å². The Balaban J connectivity index is 1.32. The number of aryl methyl sites for hydroxylation is 1. The smallest absolute Gasteiger partial charge is 0.287 e. The molecule has 0 fully saturated rings. The fourth-order valence-corrected chi connectivity index (χ4v) is 4.15. The summed E-state index contributed by atoms with van der Waals surface area (Å²) in [6.45, 7) is 7.74. The lowest BCUT2D eigenvalue weighted by Gasteiger charge is -2.26.